The van der Waals surface area contributed by atoms with Crippen LogP contribution in [0.2, 0.25) is 10.0 Å². The van der Waals surface area contributed by atoms with Gasteiger partial charge in [0.15, 0.2) is 5.69 Å². The van der Waals surface area contributed by atoms with E-state index >= 15 is 0 Å². The number of piperidine rings is 1. The van der Waals surface area contributed by atoms with Crippen LogP contribution in [0.15, 0.2) is 28.8 Å². The van der Waals surface area contributed by atoms with Gasteiger partial charge in [0.2, 0.25) is 0 Å². The van der Waals surface area contributed by atoms with Gasteiger partial charge in [-0.15, -0.1) is 0 Å². The van der Waals surface area contributed by atoms with Gasteiger partial charge in [-0.2, -0.15) is 5.10 Å². The van der Waals surface area contributed by atoms with Gasteiger partial charge in [-0.25, -0.2) is 4.79 Å². The average molecular weight is 531 g/mol. The minimum atomic E-state index is -0.389. The minimum Gasteiger partial charge on any atom is -0.461 e. The summed E-state index contributed by atoms with van der Waals surface area (Å²) >= 11 is 13.0. The number of fused-ring (bicyclic) bond motifs is 2. The van der Waals surface area contributed by atoms with Crippen molar-refractivity contribution in [3.8, 4) is 11.3 Å². The summed E-state index contributed by atoms with van der Waals surface area (Å²) in [7, 11) is 1.87. The Labute approximate surface area is 219 Å². The minimum absolute atomic E-state index is 0.139. The van der Waals surface area contributed by atoms with Crippen LogP contribution in [0.1, 0.15) is 60.3 Å². The molecule has 1 aliphatic heterocycles. The van der Waals surface area contributed by atoms with Gasteiger partial charge in [0.25, 0.3) is 0 Å². The Hall–Kier alpha value is -2.55. The molecule has 190 valence electrons. The fourth-order valence-corrected chi connectivity index (χ4v) is 6.24. The zero-order valence-electron chi connectivity index (χ0n) is 20.2. The summed E-state index contributed by atoms with van der Waals surface area (Å²) < 4.78 is 19.2. The maximum Gasteiger partial charge on any atom is 0.358 e. The van der Waals surface area contributed by atoms with E-state index in [1.807, 2.05) is 31.3 Å². The molecule has 3 aliphatic rings. The van der Waals surface area contributed by atoms with Crippen molar-refractivity contribution in [3.05, 3.63) is 51.3 Å². The number of ether oxygens (including phenoxy) is 2. The molecule has 36 heavy (non-hydrogen) atoms. The van der Waals surface area contributed by atoms with Gasteiger partial charge in [0.1, 0.15) is 17.3 Å². The SMILES string of the molecule is CCOC(=O)c1cc(N2C[C@@H]3C[C@H]2C[C@H]3OCc2c(-c3c(Cl)cccc3Cl)noc2C2CC2)n(C)n1. The summed E-state index contributed by atoms with van der Waals surface area (Å²) in [6.45, 7) is 3.40. The number of nitrogens with zero attached hydrogens (tertiary/aromatic N) is 4. The lowest BCUT2D eigenvalue weighted by Crippen LogP contribution is -2.39. The van der Waals surface area contributed by atoms with Crippen molar-refractivity contribution in [1.82, 2.24) is 14.9 Å². The Bertz CT molecular complexity index is 1280. The highest BCUT2D eigenvalue weighted by molar-refractivity contribution is 6.39. The first-order chi connectivity index (χ1) is 17.4. The van der Waals surface area contributed by atoms with Gasteiger partial charge < -0.3 is 18.9 Å². The van der Waals surface area contributed by atoms with Crippen LogP contribution in [0.3, 0.4) is 0 Å². The number of carbonyl (C=O) groups excluding carboxylic acids is 1. The second kappa shape index (κ2) is 9.39. The van der Waals surface area contributed by atoms with E-state index in [0.29, 0.717) is 58.1 Å². The molecule has 3 atom stereocenters. The molecule has 1 aromatic carbocycles. The first-order valence-corrected chi connectivity index (χ1v) is 13.2. The van der Waals surface area contributed by atoms with Crippen molar-refractivity contribution in [2.45, 2.75) is 57.3 Å². The fraction of sp³-hybridized carbons (Fsp3) is 0.500. The number of anilines is 1. The van der Waals surface area contributed by atoms with Gasteiger partial charge in [0.05, 0.1) is 29.4 Å². The molecule has 3 aromatic rings. The molecule has 6 rings (SSSR count). The average Bonchev–Trinajstić information content (AvgIpc) is 3.16. The fourth-order valence-electron chi connectivity index (χ4n) is 5.66. The molecule has 2 aliphatic carbocycles. The molecular formula is C26H28Cl2N4O4. The predicted octanol–water partition coefficient (Wildman–Crippen LogP) is 5.62. The summed E-state index contributed by atoms with van der Waals surface area (Å²) in [5.41, 5.74) is 2.68. The second-order valence-electron chi connectivity index (χ2n) is 9.86. The van der Waals surface area contributed by atoms with Crippen LogP contribution in [-0.2, 0) is 23.1 Å². The van der Waals surface area contributed by atoms with Crippen LogP contribution in [0.4, 0.5) is 5.82 Å². The summed E-state index contributed by atoms with van der Waals surface area (Å²) in [6.07, 6.45) is 4.29. The summed E-state index contributed by atoms with van der Waals surface area (Å²) in [4.78, 5) is 14.5. The number of halogens is 2. The van der Waals surface area contributed by atoms with Crippen LogP contribution in [-0.4, -0.2) is 46.2 Å². The van der Waals surface area contributed by atoms with Crippen LogP contribution in [0, 0.1) is 5.92 Å². The predicted molar refractivity (Wildman–Crippen MR) is 136 cm³/mol. The quantitative estimate of drug-likeness (QED) is 0.349. The van der Waals surface area contributed by atoms with Crippen molar-refractivity contribution < 1.29 is 18.8 Å². The molecule has 0 N–H and O–H groups in total. The van der Waals surface area contributed by atoms with Crippen LogP contribution < -0.4 is 4.90 Å². The smallest absolute Gasteiger partial charge is 0.358 e. The Morgan fingerprint density at radius 2 is 2.00 bits per heavy atom. The normalized spacial score (nSPS) is 23.0. The Balaban J connectivity index is 1.17. The molecule has 3 fully saturated rings. The number of esters is 1. The van der Waals surface area contributed by atoms with E-state index in [4.69, 9.17) is 37.2 Å². The molecule has 1 saturated heterocycles. The highest BCUT2D eigenvalue weighted by Gasteiger charge is 2.46. The van der Waals surface area contributed by atoms with Crippen LogP contribution in [0.25, 0.3) is 11.3 Å². The van der Waals surface area contributed by atoms with Crippen molar-refractivity contribution in [3.63, 3.8) is 0 Å². The number of aromatic nitrogens is 3. The highest BCUT2D eigenvalue weighted by Crippen LogP contribution is 2.47. The Morgan fingerprint density at radius 3 is 2.67 bits per heavy atom. The first kappa shape index (κ1) is 23.8. The number of hydrogen-bond acceptors (Lipinski definition) is 7. The molecular weight excluding hydrogens is 503 g/mol. The molecule has 2 aromatic heterocycles. The first-order valence-electron chi connectivity index (χ1n) is 12.5. The third-order valence-corrected chi connectivity index (χ3v) is 8.15. The second-order valence-corrected chi connectivity index (χ2v) is 10.7. The summed E-state index contributed by atoms with van der Waals surface area (Å²) in [5.74, 6) is 2.23. The van der Waals surface area contributed by atoms with E-state index in [2.05, 4.69) is 15.2 Å². The lowest BCUT2D eigenvalue weighted by molar-refractivity contribution is 0.0121. The van der Waals surface area contributed by atoms with Crippen molar-refractivity contribution in [2.24, 2.45) is 13.0 Å². The zero-order valence-corrected chi connectivity index (χ0v) is 21.8. The molecule has 0 amide bonds. The summed E-state index contributed by atoms with van der Waals surface area (Å²) in [6, 6.07) is 7.62. The molecule has 0 unspecified atom stereocenters. The molecule has 8 nitrogen and oxygen atoms in total. The topological polar surface area (TPSA) is 82.6 Å². The van der Waals surface area contributed by atoms with E-state index in [9.17, 15) is 4.79 Å². The summed E-state index contributed by atoms with van der Waals surface area (Å²) in [5, 5.41) is 9.83. The Kier molecular flexibility index (Phi) is 6.22. The lowest BCUT2D eigenvalue weighted by atomic mass is 10.0. The van der Waals surface area contributed by atoms with Crippen LogP contribution >= 0.6 is 23.2 Å². The highest BCUT2D eigenvalue weighted by atomic mass is 35.5. The molecule has 0 radical (unpaired) electrons. The third-order valence-electron chi connectivity index (χ3n) is 7.52. The van der Waals surface area contributed by atoms with Crippen molar-refractivity contribution in [1.29, 1.82) is 0 Å². The maximum absolute atomic E-state index is 12.1. The molecule has 2 saturated carbocycles. The maximum atomic E-state index is 12.1. The van der Waals surface area contributed by atoms with E-state index in [0.717, 1.165) is 49.4 Å². The number of benzene rings is 1. The van der Waals surface area contributed by atoms with E-state index in [-0.39, 0.29) is 12.1 Å². The van der Waals surface area contributed by atoms with Gasteiger partial charge in [-0.1, -0.05) is 34.4 Å². The van der Waals surface area contributed by atoms with E-state index in [1.165, 1.54) is 0 Å². The van der Waals surface area contributed by atoms with E-state index in [1.54, 1.807) is 11.6 Å². The van der Waals surface area contributed by atoms with Gasteiger partial charge in [-0.3, -0.25) is 4.68 Å². The number of carbonyl (C=O) groups is 1. The van der Waals surface area contributed by atoms with Crippen LogP contribution in [0.5, 0.6) is 0 Å². The van der Waals surface area contributed by atoms with Gasteiger partial charge in [0, 0.05) is 48.7 Å². The molecule has 0 spiro atoms. The monoisotopic (exact) mass is 530 g/mol. The van der Waals surface area contributed by atoms with Crippen molar-refractivity contribution in [2.75, 3.05) is 18.1 Å². The molecule has 2 bridgehead atoms. The standard InChI is InChI=1S/C26H28Cl2N4O4/c1-3-34-26(33)20-11-22(31(2)29-20)32-12-15-9-16(32)10-21(15)35-13-17-24(30-36-25(17)14-7-8-14)23-18(27)5-4-6-19(23)28/h4-6,11,14-16,21H,3,7-10,12-13H2,1-2H3/t15-,16-,21+/m0/s1. The largest absolute Gasteiger partial charge is 0.461 e. The number of rotatable bonds is 8. The number of aryl methyl sites for hydroxylation is 1. The third kappa shape index (κ3) is 4.19. The number of hydrogen-bond donors (Lipinski definition) is 0. The Morgan fingerprint density at radius 1 is 1.22 bits per heavy atom. The van der Waals surface area contributed by atoms with E-state index < -0.39 is 0 Å². The van der Waals surface area contributed by atoms with Gasteiger partial charge >= 0.3 is 5.97 Å². The van der Waals surface area contributed by atoms with Crippen molar-refractivity contribution >= 4 is 35.0 Å². The molecule has 3 heterocycles. The van der Waals surface area contributed by atoms with Gasteiger partial charge in [-0.05, 0) is 44.7 Å². The lowest BCUT2D eigenvalue weighted by Gasteiger charge is -2.32. The zero-order chi connectivity index (χ0) is 25.0. The molecule has 10 heteroatoms.